The fourth-order valence-corrected chi connectivity index (χ4v) is 2.66. The molecule has 0 bridgehead atoms. The number of halogens is 1. The van der Waals surface area contributed by atoms with Gasteiger partial charge in [-0.15, -0.1) is 0 Å². The summed E-state index contributed by atoms with van der Waals surface area (Å²) in [6.45, 7) is 4.23. The van der Waals surface area contributed by atoms with Crippen molar-refractivity contribution < 1.29 is 5.11 Å². The number of aliphatic hydroxyl groups excluding tert-OH is 1. The first-order valence-corrected chi connectivity index (χ1v) is 6.51. The molecule has 1 unspecified atom stereocenters. The number of aliphatic hydroxyl groups is 1. The van der Waals surface area contributed by atoms with Gasteiger partial charge in [0.1, 0.15) is 0 Å². The molecule has 1 aliphatic rings. The van der Waals surface area contributed by atoms with Gasteiger partial charge in [0.15, 0.2) is 0 Å². The summed E-state index contributed by atoms with van der Waals surface area (Å²) in [5.41, 5.74) is 2.32. The molecule has 1 heterocycles. The van der Waals surface area contributed by atoms with Crippen molar-refractivity contribution in [1.29, 1.82) is 0 Å². The summed E-state index contributed by atoms with van der Waals surface area (Å²) in [6.07, 6.45) is 6.43. The molecule has 0 amide bonds. The fraction of sp³-hybridized carbons (Fsp3) is 0.583. The minimum absolute atomic E-state index is 0.300. The van der Waals surface area contributed by atoms with Crippen molar-refractivity contribution in [3.8, 4) is 0 Å². The van der Waals surface area contributed by atoms with Gasteiger partial charge in [-0.2, -0.15) is 5.10 Å². The molecule has 0 fully saturated rings. The van der Waals surface area contributed by atoms with E-state index in [0.29, 0.717) is 6.04 Å². The van der Waals surface area contributed by atoms with E-state index >= 15 is 0 Å². The molecule has 1 aromatic heterocycles. The largest absolute Gasteiger partial charge is 0.389 e. The number of hydrogen-bond donors (Lipinski definition) is 1. The van der Waals surface area contributed by atoms with Crippen LogP contribution in [-0.4, -0.2) is 21.0 Å². The highest BCUT2D eigenvalue weighted by Gasteiger charge is 2.19. The Morgan fingerprint density at radius 2 is 2.31 bits per heavy atom. The first kappa shape index (κ1) is 11.9. The van der Waals surface area contributed by atoms with Crippen LogP contribution in [0.4, 0.5) is 0 Å². The average molecular weight is 285 g/mol. The third-order valence-corrected chi connectivity index (χ3v) is 3.46. The van der Waals surface area contributed by atoms with Gasteiger partial charge in [-0.25, -0.2) is 0 Å². The molecular formula is C12H17BrN2O. The highest BCUT2D eigenvalue weighted by atomic mass is 79.9. The SMILES string of the molecule is CC(C)n1ncc(Br)c1C1=CC(O)CCC1. The second-order valence-electron chi connectivity index (χ2n) is 4.53. The van der Waals surface area contributed by atoms with Gasteiger partial charge in [-0.1, -0.05) is 6.08 Å². The second-order valence-corrected chi connectivity index (χ2v) is 5.39. The van der Waals surface area contributed by atoms with Gasteiger partial charge in [0, 0.05) is 6.04 Å². The number of hydrogen-bond acceptors (Lipinski definition) is 2. The molecule has 4 heteroatoms. The normalized spacial score (nSPS) is 21.3. The van der Waals surface area contributed by atoms with Crippen molar-refractivity contribution in [2.75, 3.05) is 0 Å². The van der Waals surface area contributed by atoms with Gasteiger partial charge in [0.05, 0.1) is 22.5 Å². The highest BCUT2D eigenvalue weighted by Crippen LogP contribution is 2.33. The zero-order valence-electron chi connectivity index (χ0n) is 9.65. The Bertz CT molecular complexity index is 409. The number of rotatable bonds is 2. The molecule has 16 heavy (non-hydrogen) atoms. The van der Waals surface area contributed by atoms with E-state index in [0.717, 1.165) is 29.4 Å². The van der Waals surface area contributed by atoms with E-state index < -0.39 is 0 Å². The van der Waals surface area contributed by atoms with Crippen molar-refractivity contribution >= 4 is 21.5 Å². The molecule has 1 aromatic rings. The van der Waals surface area contributed by atoms with Crippen LogP contribution in [0.3, 0.4) is 0 Å². The molecular weight excluding hydrogens is 268 g/mol. The van der Waals surface area contributed by atoms with E-state index in [1.807, 2.05) is 17.0 Å². The Kier molecular flexibility index (Phi) is 3.50. The van der Waals surface area contributed by atoms with Gasteiger partial charge < -0.3 is 5.11 Å². The summed E-state index contributed by atoms with van der Waals surface area (Å²) in [4.78, 5) is 0. The molecule has 3 nitrogen and oxygen atoms in total. The number of nitrogens with zero attached hydrogens (tertiary/aromatic N) is 2. The van der Waals surface area contributed by atoms with Crippen molar-refractivity contribution in [2.24, 2.45) is 0 Å². The monoisotopic (exact) mass is 284 g/mol. The first-order chi connectivity index (χ1) is 7.59. The van der Waals surface area contributed by atoms with Crippen molar-refractivity contribution in [3.05, 3.63) is 22.4 Å². The predicted molar refractivity (Wildman–Crippen MR) is 68.1 cm³/mol. The predicted octanol–water partition coefficient (Wildman–Crippen LogP) is 3.15. The first-order valence-electron chi connectivity index (χ1n) is 5.71. The Morgan fingerprint density at radius 3 is 2.94 bits per heavy atom. The van der Waals surface area contributed by atoms with Gasteiger partial charge in [0.25, 0.3) is 0 Å². The molecule has 88 valence electrons. The lowest BCUT2D eigenvalue weighted by molar-refractivity contribution is 0.206. The lowest BCUT2D eigenvalue weighted by Crippen LogP contribution is -2.13. The van der Waals surface area contributed by atoms with Crippen molar-refractivity contribution in [3.63, 3.8) is 0 Å². The van der Waals surface area contributed by atoms with Crippen LogP contribution in [0, 0.1) is 0 Å². The van der Waals surface area contributed by atoms with Crippen LogP contribution in [0.1, 0.15) is 44.8 Å². The lowest BCUT2D eigenvalue weighted by Gasteiger charge is -2.20. The topological polar surface area (TPSA) is 38.0 Å². The van der Waals surface area contributed by atoms with Crippen molar-refractivity contribution in [1.82, 2.24) is 9.78 Å². The lowest BCUT2D eigenvalue weighted by atomic mass is 9.95. The van der Waals surface area contributed by atoms with Crippen LogP contribution < -0.4 is 0 Å². The molecule has 1 N–H and O–H groups in total. The molecule has 0 radical (unpaired) electrons. The number of aromatic nitrogens is 2. The summed E-state index contributed by atoms with van der Waals surface area (Å²) < 4.78 is 3.02. The summed E-state index contributed by atoms with van der Waals surface area (Å²) in [6, 6.07) is 0.335. The second kappa shape index (κ2) is 4.72. The maximum Gasteiger partial charge on any atom is 0.0785 e. The smallest absolute Gasteiger partial charge is 0.0785 e. The van der Waals surface area contributed by atoms with E-state index in [9.17, 15) is 5.11 Å². The van der Waals surface area contributed by atoms with Gasteiger partial charge >= 0.3 is 0 Å². The maximum atomic E-state index is 9.68. The highest BCUT2D eigenvalue weighted by molar-refractivity contribution is 9.10. The molecule has 1 aliphatic carbocycles. The minimum Gasteiger partial charge on any atom is -0.389 e. The minimum atomic E-state index is -0.300. The summed E-state index contributed by atoms with van der Waals surface area (Å²) >= 11 is 3.54. The van der Waals surface area contributed by atoms with Crippen molar-refractivity contribution in [2.45, 2.75) is 45.3 Å². The van der Waals surface area contributed by atoms with E-state index in [2.05, 4.69) is 34.9 Å². The fourth-order valence-electron chi connectivity index (χ4n) is 2.13. The average Bonchev–Trinajstić information content (AvgIpc) is 2.60. The van der Waals surface area contributed by atoms with Crippen LogP contribution in [-0.2, 0) is 0 Å². The zero-order valence-corrected chi connectivity index (χ0v) is 11.2. The molecule has 1 atom stereocenters. The number of allylic oxidation sites excluding steroid dienone is 1. The van der Waals surface area contributed by atoms with Crippen LogP contribution >= 0.6 is 15.9 Å². The van der Waals surface area contributed by atoms with Gasteiger partial charge in [0.2, 0.25) is 0 Å². The van der Waals surface area contributed by atoms with Crippen LogP contribution in [0.15, 0.2) is 16.7 Å². The maximum absolute atomic E-state index is 9.68. The Balaban J connectivity index is 2.42. The van der Waals surface area contributed by atoms with E-state index in [4.69, 9.17) is 0 Å². The summed E-state index contributed by atoms with van der Waals surface area (Å²) in [7, 11) is 0. The van der Waals surface area contributed by atoms with E-state index in [1.54, 1.807) is 0 Å². The third kappa shape index (κ3) is 2.23. The summed E-state index contributed by atoms with van der Waals surface area (Å²) in [5, 5.41) is 14.0. The molecule has 0 aliphatic heterocycles. The molecule has 2 rings (SSSR count). The van der Waals surface area contributed by atoms with Crippen LogP contribution in [0.2, 0.25) is 0 Å². The standard InChI is InChI=1S/C12H17BrN2O/c1-8(2)15-12(11(13)7-14-15)9-4-3-5-10(16)6-9/h6-8,10,16H,3-5H2,1-2H3. The van der Waals surface area contributed by atoms with Crippen LogP contribution in [0.5, 0.6) is 0 Å². The Hall–Kier alpha value is -0.610. The van der Waals surface area contributed by atoms with Crippen LogP contribution in [0.25, 0.3) is 5.57 Å². The molecule has 0 aromatic carbocycles. The molecule has 0 saturated carbocycles. The third-order valence-electron chi connectivity index (χ3n) is 2.88. The van der Waals surface area contributed by atoms with Gasteiger partial charge in [-0.3, -0.25) is 4.68 Å². The van der Waals surface area contributed by atoms with E-state index in [1.165, 1.54) is 5.57 Å². The Labute approximate surface area is 104 Å². The van der Waals surface area contributed by atoms with E-state index in [-0.39, 0.29) is 6.10 Å². The van der Waals surface area contributed by atoms with Gasteiger partial charge in [-0.05, 0) is 54.6 Å². The molecule has 0 saturated heterocycles. The zero-order chi connectivity index (χ0) is 11.7. The Morgan fingerprint density at radius 1 is 1.56 bits per heavy atom. The quantitative estimate of drug-likeness (QED) is 0.906. The summed E-state index contributed by atoms with van der Waals surface area (Å²) in [5.74, 6) is 0. The molecule has 0 spiro atoms.